The number of carbonyl (C=O) groups excluding carboxylic acids is 1. The van der Waals surface area contributed by atoms with Crippen LogP contribution in [0.2, 0.25) is 0 Å². The Balaban J connectivity index is 0.000000305. The molecule has 0 saturated carbocycles. The normalized spacial score (nSPS) is 12.0. The van der Waals surface area contributed by atoms with Crippen molar-refractivity contribution in [3.63, 3.8) is 0 Å². The van der Waals surface area contributed by atoms with Crippen molar-refractivity contribution in [3.05, 3.63) is 102 Å². The largest absolute Gasteiger partial charge is 0.348 e. The number of hydrogen-bond acceptors (Lipinski definition) is 6. The molecule has 0 unspecified atom stereocenters. The second-order valence-electron chi connectivity index (χ2n) is 12.9. The topological polar surface area (TPSA) is 78.7 Å². The van der Waals surface area contributed by atoms with Crippen LogP contribution >= 0.6 is 0 Å². The molecule has 6 rings (SSSR count). The highest BCUT2D eigenvalue weighted by Gasteiger charge is 2.35. The molecule has 1 aliphatic heterocycles. The fourth-order valence-electron chi connectivity index (χ4n) is 5.76. The van der Waals surface area contributed by atoms with Crippen molar-refractivity contribution in [1.82, 2.24) is 29.2 Å². The van der Waals surface area contributed by atoms with E-state index < -0.39 is 0 Å². The van der Waals surface area contributed by atoms with Crippen LogP contribution in [0, 0.1) is 113 Å². The minimum absolute atomic E-state index is 0.0115. The second kappa shape index (κ2) is 22.2. The van der Waals surface area contributed by atoms with Gasteiger partial charge in [-0.3, -0.25) is 14.1 Å². The van der Waals surface area contributed by atoms with E-state index in [0.717, 1.165) is 41.0 Å². The maximum atomic E-state index is 13.8. The molecular formula is C51H36FN7O. The summed E-state index contributed by atoms with van der Waals surface area (Å²) in [4.78, 5) is 30.7. The number of anilines is 1. The number of nitrogens with one attached hydrogen (secondary N) is 1. The van der Waals surface area contributed by atoms with Crippen LogP contribution in [-0.2, 0) is 11.3 Å². The molecule has 8 nitrogen and oxygen atoms in total. The van der Waals surface area contributed by atoms with Gasteiger partial charge in [-0.05, 0) is 169 Å². The minimum Gasteiger partial charge on any atom is -0.348 e. The van der Waals surface area contributed by atoms with Crippen LogP contribution in [0.4, 0.5) is 10.3 Å². The maximum absolute atomic E-state index is 13.8. The zero-order valence-electron chi connectivity index (χ0n) is 33.4. The van der Waals surface area contributed by atoms with Gasteiger partial charge in [-0.15, -0.1) is 6.42 Å². The average Bonchev–Trinajstić information content (AvgIpc) is 3.63. The minimum atomic E-state index is -0.304. The molecule has 1 N–H and O–H groups in total. The monoisotopic (exact) mass is 781 g/mol. The Morgan fingerprint density at radius 1 is 0.850 bits per heavy atom. The molecule has 1 aliphatic rings. The van der Waals surface area contributed by atoms with E-state index in [1.807, 2.05) is 40.9 Å². The van der Waals surface area contributed by atoms with Gasteiger partial charge >= 0.3 is 0 Å². The van der Waals surface area contributed by atoms with Crippen LogP contribution < -0.4 is 5.32 Å². The van der Waals surface area contributed by atoms with E-state index in [1.165, 1.54) is 12.1 Å². The van der Waals surface area contributed by atoms with E-state index in [0.29, 0.717) is 23.9 Å². The quantitative estimate of drug-likeness (QED) is 0.192. The Labute approximate surface area is 351 Å². The summed E-state index contributed by atoms with van der Waals surface area (Å²) in [7, 11) is 3.59. The van der Waals surface area contributed by atoms with Gasteiger partial charge in [-0.25, -0.2) is 19.3 Å². The first-order valence-corrected chi connectivity index (χ1v) is 18.5. The van der Waals surface area contributed by atoms with Crippen LogP contribution in [0.5, 0.6) is 0 Å². The molecule has 1 amide bonds. The number of likely N-dealkylation sites (N-methyl/N-ethyl adjacent to an activating group) is 1. The smallest absolute Gasteiger partial charge is 0.239 e. The first-order valence-electron chi connectivity index (χ1n) is 18.5. The summed E-state index contributed by atoms with van der Waals surface area (Å²) in [6.45, 7) is 5.31. The van der Waals surface area contributed by atoms with E-state index >= 15 is 0 Å². The summed E-state index contributed by atoms with van der Waals surface area (Å²) in [5, 5.41) is 3.40. The third-order valence-corrected chi connectivity index (χ3v) is 8.67. The van der Waals surface area contributed by atoms with Crippen LogP contribution in [0.1, 0.15) is 37.4 Å². The number of rotatable bonds is 8. The molecule has 4 heterocycles. The Kier molecular flexibility index (Phi) is 15.8. The summed E-state index contributed by atoms with van der Waals surface area (Å²) < 4.78 is 15.8. The van der Waals surface area contributed by atoms with E-state index in [9.17, 15) is 9.18 Å². The lowest BCUT2D eigenvalue weighted by Crippen LogP contribution is -2.55. The Morgan fingerprint density at radius 2 is 1.47 bits per heavy atom. The van der Waals surface area contributed by atoms with E-state index in [1.54, 1.807) is 44.2 Å². The first-order chi connectivity index (χ1) is 29.3. The van der Waals surface area contributed by atoms with Crippen molar-refractivity contribution >= 4 is 17.5 Å². The van der Waals surface area contributed by atoms with Gasteiger partial charge < -0.3 is 10.2 Å². The number of terminal acetylenes is 1. The number of carbonyl (C=O) groups is 1. The molecule has 9 heteroatoms. The van der Waals surface area contributed by atoms with Crippen LogP contribution in [0.3, 0.4) is 0 Å². The average molecular weight is 782 g/mol. The lowest BCUT2D eigenvalue weighted by Gasteiger charge is -2.40. The van der Waals surface area contributed by atoms with Gasteiger partial charge in [0.15, 0.2) is 0 Å². The highest BCUT2D eigenvalue weighted by Crippen LogP contribution is 2.33. The lowest BCUT2D eigenvalue weighted by atomic mass is 10.0. The number of imidazole rings is 1. The Bertz CT molecular complexity index is 2940. The number of hydrogen-bond donors (Lipinski definition) is 1. The second-order valence-corrected chi connectivity index (χ2v) is 12.9. The molecule has 0 bridgehead atoms. The zero-order chi connectivity index (χ0) is 42.5. The molecule has 1 saturated heterocycles. The zero-order valence-corrected chi connectivity index (χ0v) is 33.4. The predicted molar refractivity (Wildman–Crippen MR) is 234 cm³/mol. The van der Waals surface area contributed by atoms with Gasteiger partial charge in [-0.2, -0.15) is 0 Å². The molecule has 2 aromatic carbocycles. The number of likely N-dealkylation sites (tertiary alicyclic amines) is 1. The standard InChI is InChI=1S/C32H32FN7O.C19H4/c1-21(23-7-5-4-6-8-23)35-32-34-16-13-26(36-32)30-29(24-9-11-25(33)12-10-24)37-28-19-22(14-18-40(28)30)20-39-17-15-27(39)31(41)38(2)3;1-3-5-7-9-11-13-15-17-19-18-16-14-12-10-8-6-4-2/h4-14,16,18-19,21,27H,15,17,20H2,1-3H3,(H,34,35,36);1H,2H3/t21-,27-;/m0./s1. The fraction of sp³-hybridized carbons (Fsp3) is 0.176. The highest BCUT2D eigenvalue weighted by atomic mass is 19.1. The van der Waals surface area contributed by atoms with Crippen molar-refractivity contribution in [1.29, 1.82) is 0 Å². The van der Waals surface area contributed by atoms with E-state index in [2.05, 4.69) is 141 Å². The van der Waals surface area contributed by atoms with E-state index in [-0.39, 0.29) is 23.8 Å². The molecule has 60 heavy (non-hydrogen) atoms. The number of nitrogens with zero attached hydrogens (tertiary/aromatic N) is 6. The van der Waals surface area contributed by atoms with Crippen LogP contribution in [-0.4, -0.2) is 61.7 Å². The third kappa shape index (κ3) is 12.2. The molecule has 0 aliphatic carbocycles. The number of fused-ring (bicyclic) bond motifs is 1. The van der Waals surface area contributed by atoms with Crippen molar-refractivity contribution in [2.45, 2.75) is 38.9 Å². The van der Waals surface area contributed by atoms with Gasteiger partial charge in [0.1, 0.15) is 11.5 Å². The number of aromatic nitrogens is 4. The highest BCUT2D eigenvalue weighted by molar-refractivity contribution is 5.82. The van der Waals surface area contributed by atoms with Crippen molar-refractivity contribution < 1.29 is 9.18 Å². The molecule has 2 atom stereocenters. The van der Waals surface area contributed by atoms with Gasteiger partial charge in [0.25, 0.3) is 0 Å². The van der Waals surface area contributed by atoms with Gasteiger partial charge in [0, 0.05) is 45.1 Å². The molecule has 5 aromatic rings. The SMILES string of the molecule is C#CC#CC#CC#CC#CC#CC#CC#CC#CC.C[C@H](Nc1nccc(-c2c(-c3ccc(F)cc3)nc3cc(CN4CC[C@H]4C(=O)N(C)C)ccn23)n1)c1ccccc1. The molecule has 0 radical (unpaired) electrons. The summed E-state index contributed by atoms with van der Waals surface area (Å²) in [5.74, 6) is 42.2. The number of amides is 1. The number of halogens is 1. The molecule has 0 spiro atoms. The Hall–Kier alpha value is -8.59. The van der Waals surface area contributed by atoms with Gasteiger partial charge in [0.2, 0.25) is 11.9 Å². The first kappa shape index (κ1) is 42.6. The van der Waals surface area contributed by atoms with Crippen molar-refractivity contribution in [2.24, 2.45) is 0 Å². The molecule has 1 fully saturated rings. The lowest BCUT2D eigenvalue weighted by molar-refractivity contribution is -0.139. The van der Waals surface area contributed by atoms with Crippen molar-refractivity contribution in [3.8, 4) is 130 Å². The van der Waals surface area contributed by atoms with E-state index in [4.69, 9.17) is 16.4 Å². The van der Waals surface area contributed by atoms with Gasteiger partial charge in [0.05, 0.1) is 29.2 Å². The van der Waals surface area contributed by atoms with Crippen molar-refractivity contribution in [2.75, 3.05) is 26.0 Å². The molecular weight excluding hydrogens is 746 g/mol. The van der Waals surface area contributed by atoms with Gasteiger partial charge in [-0.1, -0.05) is 36.3 Å². The number of pyridine rings is 1. The molecule has 288 valence electrons. The fourth-order valence-corrected chi connectivity index (χ4v) is 5.76. The Morgan fingerprint density at radius 3 is 2.03 bits per heavy atom. The summed E-state index contributed by atoms with van der Waals surface area (Å²) in [5.41, 5.74) is 5.93. The molecule has 3 aromatic heterocycles. The maximum Gasteiger partial charge on any atom is 0.239 e. The van der Waals surface area contributed by atoms with Crippen LogP contribution in [0.15, 0.2) is 85.2 Å². The predicted octanol–water partition coefficient (Wildman–Crippen LogP) is 6.10. The third-order valence-electron chi connectivity index (χ3n) is 8.67. The summed E-state index contributed by atoms with van der Waals surface area (Å²) in [6, 6.07) is 22.4. The summed E-state index contributed by atoms with van der Waals surface area (Å²) in [6.07, 6.45) is 9.48. The number of benzene rings is 2. The van der Waals surface area contributed by atoms with Crippen LogP contribution in [0.25, 0.3) is 28.3 Å². The summed E-state index contributed by atoms with van der Waals surface area (Å²) >= 11 is 0.